The number of fused-ring (bicyclic) bond motifs is 2. The molecule has 34 heavy (non-hydrogen) atoms. The first-order chi connectivity index (χ1) is 16.5. The Balaban J connectivity index is 1.39. The summed E-state index contributed by atoms with van der Waals surface area (Å²) < 4.78 is 27.8. The Morgan fingerprint density at radius 3 is 2.59 bits per heavy atom. The highest BCUT2D eigenvalue weighted by Crippen LogP contribution is 2.31. The van der Waals surface area contributed by atoms with Gasteiger partial charge in [0.2, 0.25) is 16.9 Å². The highest BCUT2D eigenvalue weighted by molar-refractivity contribution is 6.31. The molecule has 0 unspecified atom stereocenters. The van der Waals surface area contributed by atoms with Crippen molar-refractivity contribution in [3.05, 3.63) is 94.0 Å². The summed E-state index contributed by atoms with van der Waals surface area (Å²) in [5.74, 6) is 0.435. The van der Waals surface area contributed by atoms with E-state index in [2.05, 4.69) is 0 Å². The summed E-state index contributed by atoms with van der Waals surface area (Å²) >= 11 is 5.97. The van der Waals surface area contributed by atoms with E-state index in [4.69, 9.17) is 34.6 Å². The van der Waals surface area contributed by atoms with E-state index in [0.29, 0.717) is 34.1 Å². The third-order valence-corrected chi connectivity index (χ3v) is 5.21. The van der Waals surface area contributed by atoms with Crippen molar-refractivity contribution >= 4 is 39.5 Å². The summed E-state index contributed by atoms with van der Waals surface area (Å²) in [6.45, 7) is 2.31. The average molecular weight is 477 g/mol. The zero-order valence-corrected chi connectivity index (χ0v) is 18.6. The first kappa shape index (κ1) is 21.6. The molecule has 0 spiro atoms. The third kappa shape index (κ3) is 4.21. The fourth-order valence-electron chi connectivity index (χ4n) is 3.42. The molecule has 7 nitrogen and oxygen atoms in total. The van der Waals surface area contributed by atoms with Crippen molar-refractivity contribution in [1.82, 2.24) is 0 Å². The molecule has 0 amide bonds. The van der Waals surface area contributed by atoms with E-state index >= 15 is 0 Å². The van der Waals surface area contributed by atoms with Crippen LogP contribution in [0.5, 0.6) is 23.0 Å². The summed E-state index contributed by atoms with van der Waals surface area (Å²) in [7, 11) is 0. The van der Waals surface area contributed by atoms with Gasteiger partial charge >= 0.3 is 5.97 Å². The van der Waals surface area contributed by atoms with Gasteiger partial charge in [0, 0.05) is 16.5 Å². The average Bonchev–Trinajstić information content (AvgIpc) is 3.26. The summed E-state index contributed by atoms with van der Waals surface area (Å²) in [5, 5.41) is 1.48. The van der Waals surface area contributed by atoms with Crippen LogP contribution in [-0.2, 0) is 0 Å². The lowest BCUT2D eigenvalue weighted by Gasteiger charge is -2.11. The lowest BCUT2D eigenvalue weighted by atomic mass is 10.2. The Hall–Kier alpha value is -4.23. The first-order valence-corrected chi connectivity index (χ1v) is 10.8. The lowest BCUT2D eigenvalue weighted by molar-refractivity contribution is 0.0704. The van der Waals surface area contributed by atoms with Gasteiger partial charge in [-0.25, -0.2) is 4.79 Å². The molecule has 0 bridgehead atoms. The fraction of sp³-hybridized carbons (Fsp3) is 0.0769. The third-order valence-electron chi connectivity index (χ3n) is 4.97. The van der Waals surface area contributed by atoms with E-state index in [-0.39, 0.29) is 33.7 Å². The molecule has 0 saturated heterocycles. The van der Waals surface area contributed by atoms with Crippen LogP contribution in [0.25, 0.3) is 21.9 Å². The van der Waals surface area contributed by atoms with Crippen molar-refractivity contribution < 1.29 is 27.8 Å². The summed E-state index contributed by atoms with van der Waals surface area (Å²) in [4.78, 5) is 25.5. The number of carbonyl (C=O) groups excluding carboxylic acids is 1. The monoisotopic (exact) mass is 476 g/mol. The minimum atomic E-state index is -0.693. The van der Waals surface area contributed by atoms with E-state index < -0.39 is 5.97 Å². The van der Waals surface area contributed by atoms with Crippen molar-refractivity contribution in [1.29, 1.82) is 0 Å². The Morgan fingerprint density at radius 1 is 0.941 bits per heavy atom. The maximum atomic E-state index is 12.9. The van der Waals surface area contributed by atoms with Gasteiger partial charge in [-0.3, -0.25) is 4.79 Å². The number of hydrogen-bond donors (Lipinski definition) is 0. The van der Waals surface area contributed by atoms with Crippen molar-refractivity contribution in [2.75, 3.05) is 6.61 Å². The molecule has 0 atom stereocenters. The standard InChI is InChI=1S/C26H17ClO7/c1-2-30-20-5-3-4-6-21(20)34-24-14-31-22-13-17(8-9-18(22)25(24)28)32-26(29)23-12-15-11-16(27)7-10-19(15)33-23/h3-14H,2H2,1H3. The van der Waals surface area contributed by atoms with Crippen LogP contribution < -0.4 is 19.6 Å². The molecule has 2 heterocycles. The smallest absolute Gasteiger partial charge is 0.379 e. The van der Waals surface area contributed by atoms with Crippen LogP contribution in [-0.4, -0.2) is 12.6 Å². The van der Waals surface area contributed by atoms with Gasteiger partial charge in [-0.2, -0.15) is 0 Å². The number of rotatable bonds is 6. The van der Waals surface area contributed by atoms with Crippen LogP contribution in [0.15, 0.2) is 86.6 Å². The molecule has 170 valence electrons. The van der Waals surface area contributed by atoms with E-state index in [9.17, 15) is 9.59 Å². The number of esters is 1. The van der Waals surface area contributed by atoms with Gasteiger partial charge in [0.15, 0.2) is 11.5 Å². The van der Waals surface area contributed by atoms with Crippen LogP contribution in [0.4, 0.5) is 0 Å². The fourth-order valence-corrected chi connectivity index (χ4v) is 3.61. The summed E-state index contributed by atoms with van der Waals surface area (Å²) in [6.07, 6.45) is 1.21. The van der Waals surface area contributed by atoms with E-state index in [1.807, 2.05) is 13.0 Å². The molecule has 0 aliphatic rings. The Morgan fingerprint density at radius 2 is 1.76 bits per heavy atom. The SMILES string of the molecule is CCOc1ccccc1Oc1coc2cc(OC(=O)c3cc4cc(Cl)ccc4o3)ccc2c1=O. The van der Waals surface area contributed by atoms with Crippen LogP contribution >= 0.6 is 11.6 Å². The van der Waals surface area contributed by atoms with Crippen molar-refractivity contribution in [2.45, 2.75) is 6.92 Å². The number of hydrogen-bond acceptors (Lipinski definition) is 7. The molecule has 0 aliphatic carbocycles. The first-order valence-electron chi connectivity index (χ1n) is 10.4. The lowest BCUT2D eigenvalue weighted by Crippen LogP contribution is -2.08. The zero-order chi connectivity index (χ0) is 23.7. The Bertz CT molecular complexity index is 1580. The second kappa shape index (κ2) is 8.96. The van der Waals surface area contributed by atoms with Crippen LogP contribution in [0, 0.1) is 0 Å². The molecule has 5 rings (SSSR count). The number of ether oxygens (including phenoxy) is 3. The van der Waals surface area contributed by atoms with Crippen molar-refractivity contribution in [3.8, 4) is 23.0 Å². The predicted molar refractivity (Wildman–Crippen MR) is 126 cm³/mol. The summed E-state index contributed by atoms with van der Waals surface area (Å²) in [5.41, 5.74) is 0.371. The second-order valence-corrected chi connectivity index (χ2v) is 7.69. The van der Waals surface area contributed by atoms with Gasteiger partial charge in [-0.15, -0.1) is 0 Å². The minimum absolute atomic E-state index is 0.00494. The molecule has 0 fully saturated rings. The van der Waals surface area contributed by atoms with Crippen LogP contribution in [0.3, 0.4) is 0 Å². The molecule has 0 radical (unpaired) electrons. The minimum Gasteiger partial charge on any atom is -0.490 e. The zero-order valence-electron chi connectivity index (χ0n) is 17.9. The second-order valence-electron chi connectivity index (χ2n) is 7.25. The molecule has 3 aromatic carbocycles. The predicted octanol–water partition coefficient (Wildman–Crippen LogP) is 6.60. The van der Waals surface area contributed by atoms with Crippen molar-refractivity contribution in [3.63, 3.8) is 0 Å². The normalized spacial score (nSPS) is 11.0. The summed E-state index contributed by atoms with van der Waals surface area (Å²) in [6, 6.07) is 18.1. The Labute approximate surface area is 198 Å². The molecule has 2 aromatic heterocycles. The Kier molecular flexibility index (Phi) is 5.69. The topological polar surface area (TPSA) is 88.1 Å². The van der Waals surface area contributed by atoms with E-state index in [1.165, 1.54) is 24.5 Å². The van der Waals surface area contributed by atoms with Gasteiger partial charge < -0.3 is 23.0 Å². The highest BCUT2D eigenvalue weighted by atomic mass is 35.5. The van der Waals surface area contributed by atoms with Gasteiger partial charge in [-0.05, 0) is 55.5 Å². The van der Waals surface area contributed by atoms with Crippen molar-refractivity contribution in [2.24, 2.45) is 0 Å². The molecule has 0 saturated carbocycles. The van der Waals surface area contributed by atoms with E-state index in [1.54, 1.807) is 42.5 Å². The largest absolute Gasteiger partial charge is 0.490 e. The number of halogens is 1. The number of carbonyl (C=O) groups is 1. The van der Waals surface area contributed by atoms with E-state index in [0.717, 1.165) is 0 Å². The van der Waals surface area contributed by atoms with Gasteiger partial charge in [0.25, 0.3) is 0 Å². The molecular weight excluding hydrogens is 460 g/mol. The quantitative estimate of drug-likeness (QED) is 0.201. The highest BCUT2D eigenvalue weighted by Gasteiger charge is 2.17. The number of para-hydroxylation sites is 2. The van der Waals surface area contributed by atoms with Gasteiger partial charge in [-0.1, -0.05) is 23.7 Å². The molecule has 0 N–H and O–H groups in total. The maximum absolute atomic E-state index is 12.9. The number of benzene rings is 3. The van der Waals surface area contributed by atoms with Gasteiger partial charge in [0.05, 0.1) is 12.0 Å². The molecule has 0 aliphatic heterocycles. The molecule has 5 aromatic rings. The molecular formula is C26H17ClO7. The maximum Gasteiger partial charge on any atom is 0.379 e. The van der Waals surface area contributed by atoms with Crippen LogP contribution in [0.2, 0.25) is 5.02 Å². The number of furan rings is 1. The molecule has 8 heteroatoms. The van der Waals surface area contributed by atoms with Crippen LogP contribution in [0.1, 0.15) is 17.5 Å². The van der Waals surface area contributed by atoms with Gasteiger partial charge in [0.1, 0.15) is 23.2 Å².